The topological polar surface area (TPSA) is 44.8 Å². The van der Waals surface area contributed by atoms with Crippen LogP contribution in [0.3, 0.4) is 0 Å². The Morgan fingerprint density at radius 2 is 1.85 bits per heavy atom. The van der Waals surface area contributed by atoms with E-state index in [0.29, 0.717) is 5.76 Å². The van der Waals surface area contributed by atoms with Crippen LogP contribution in [0.2, 0.25) is 19.6 Å². The monoisotopic (exact) mass is 296 g/mol. The number of rotatable bonds is 6. The number of Topliss-reactive ketones (excluding diaryl/α,β-unsaturated/α-hetero) is 1. The summed E-state index contributed by atoms with van der Waals surface area (Å²) >= 11 is 0. The SMILES string of the molecule is CCCCC#CC1(O[Si](C)(C)C)C(=O)C(OC)=C1OC. The molecule has 0 saturated heterocycles. The van der Waals surface area contributed by atoms with Gasteiger partial charge in [-0.15, -0.1) is 0 Å². The van der Waals surface area contributed by atoms with Crippen molar-refractivity contribution in [1.29, 1.82) is 0 Å². The van der Waals surface area contributed by atoms with Gasteiger partial charge in [0.05, 0.1) is 14.2 Å². The van der Waals surface area contributed by atoms with Gasteiger partial charge in [0.1, 0.15) is 0 Å². The molecular formula is C15H24O4Si. The summed E-state index contributed by atoms with van der Waals surface area (Å²) in [5, 5.41) is 0. The second-order valence-corrected chi connectivity index (χ2v) is 10.1. The molecule has 0 spiro atoms. The van der Waals surface area contributed by atoms with Crippen molar-refractivity contribution >= 4 is 14.1 Å². The minimum atomic E-state index is -1.97. The molecule has 20 heavy (non-hydrogen) atoms. The number of hydrogen-bond acceptors (Lipinski definition) is 4. The van der Waals surface area contributed by atoms with Gasteiger partial charge >= 0.3 is 0 Å². The van der Waals surface area contributed by atoms with Crippen LogP contribution in [0.15, 0.2) is 11.5 Å². The van der Waals surface area contributed by atoms with Gasteiger partial charge in [0, 0.05) is 6.42 Å². The summed E-state index contributed by atoms with van der Waals surface area (Å²) in [6, 6.07) is 0. The van der Waals surface area contributed by atoms with Crippen molar-refractivity contribution in [2.45, 2.75) is 51.4 Å². The van der Waals surface area contributed by atoms with Crippen LogP contribution in [0.5, 0.6) is 0 Å². The third-order valence-corrected chi connectivity index (χ3v) is 3.76. The first-order chi connectivity index (χ1) is 9.32. The zero-order valence-electron chi connectivity index (χ0n) is 13.3. The van der Waals surface area contributed by atoms with Crippen molar-refractivity contribution in [1.82, 2.24) is 0 Å². The molecule has 1 rings (SSSR count). The normalized spacial score (nSPS) is 22.0. The van der Waals surface area contributed by atoms with Crippen molar-refractivity contribution in [3.8, 4) is 11.8 Å². The molecule has 1 unspecified atom stereocenters. The minimum Gasteiger partial charge on any atom is -0.493 e. The van der Waals surface area contributed by atoms with Crippen molar-refractivity contribution in [3.63, 3.8) is 0 Å². The molecule has 112 valence electrons. The summed E-state index contributed by atoms with van der Waals surface area (Å²) < 4.78 is 16.4. The van der Waals surface area contributed by atoms with Crippen molar-refractivity contribution in [2.24, 2.45) is 0 Å². The lowest BCUT2D eigenvalue weighted by Gasteiger charge is -2.40. The van der Waals surface area contributed by atoms with Gasteiger partial charge in [-0.2, -0.15) is 0 Å². The molecular weight excluding hydrogens is 272 g/mol. The van der Waals surface area contributed by atoms with Gasteiger partial charge in [-0.3, -0.25) is 4.79 Å². The Hall–Kier alpha value is -1.25. The molecule has 5 heteroatoms. The Balaban J connectivity index is 3.13. The Labute approximate surface area is 122 Å². The number of methoxy groups -OCH3 is 2. The van der Waals surface area contributed by atoms with E-state index < -0.39 is 13.9 Å². The van der Waals surface area contributed by atoms with Crippen LogP contribution in [0.1, 0.15) is 26.2 Å². The average Bonchev–Trinajstić information content (AvgIpc) is 2.37. The van der Waals surface area contributed by atoms with Crippen molar-refractivity contribution in [3.05, 3.63) is 11.5 Å². The average molecular weight is 296 g/mol. The maximum Gasteiger partial charge on any atom is 0.252 e. The van der Waals surface area contributed by atoms with Crippen LogP contribution in [0, 0.1) is 11.8 Å². The molecule has 0 heterocycles. The summed E-state index contributed by atoms with van der Waals surface area (Å²) in [4.78, 5) is 12.4. The van der Waals surface area contributed by atoms with Crippen LogP contribution >= 0.6 is 0 Å². The molecule has 0 fully saturated rings. The molecule has 0 N–H and O–H groups in total. The summed E-state index contributed by atoms with van der Waals surface area (Å²) in [5.41, 5.74) is -1.25. The molecule has 0 aromatic carbocycles. The molecule has 0 bridgehead atoms. The van der Waals surface area contributed by atoms with Gasteiger partial charge in [0.2, 0.25) is 11.4 Å². The summed E-state index contributed by atoms with van der Waals surface area (Å²) in [6.07, 6.45) is 2.83. The fraction of sp³-hybridized carbons (Fsp3) is 0.667. The molecule has 0 aromatic rings. The van der Waals surface area contributed by atoms with Crippen LogP contribution < -0.4 is 0 Å². The molecule has 1 aliphatic carbocycles. The van der Waals surface area contributed by atoms with Crippen molar-refractivity contribution < 1.29 is 18.7 Å². The number of carbonyl (C=O) groups is 1. The van der Waals surface area contributed by atoms with Crippen LogP contribution in [0.25, 0.3) is 0 Å². The largest absolute Gasteiger partial charge is 0.493 e. The van der Waals surface area contributed by atoms with Crippen LogP contribution in [0.4, 0.5) is 0 Å². The van der Waals surface area contributed by atoms with E-state index >= 15 is 0 Å². The summed E-state index contributed by atoms with van der Waals surface area (Å²) in [6.45, 7) is 8.17. The first-order valence-electron chi connectivity index (χ1n) is 6.90. The van der Waals surface area contributed by atoms with E-state index in [1.807, 2.05) is 19.6 Å². The lowest BCUT2D eigenvalue weighted by Crippen LogP contribution is -2.57. The van der Waals surface area contributed by atoms with E-state index in [-0.39, 0.29) is 11.5 Å². The van der Waals surface area contributed by atoms with Crippen molar-refractivity contribution in [2.75, 3.05) is 14.2 Å². The Bertz CT molecular complexity index is 464. The lowest BCUT2D eigenvalue weighted by molar-refractivity contribution is -0.137. The third-order valence-electron chi connectivity index (χ3n) is 2.84. The number of unbranched alkanes of at least 4 members (excludes halogenated alkanes) is 2. The van der Waals surface area contributed by atoms with E-state index in [4.69, 9.17) is 13.9 Å². The molecule has 0 amide bonds. The number of carbonyl (C=O) groups excluding carboxylic acids is 1. The van der Waals surface area contributed by atoms with E-state index in [2.05, 4.69) is 18.8 Å². The third kappa shape index (κ3) is 3.25. The maximum absolute atomic E-state index is 12.4. The summed E-state index contributed by atoms with van der Waals surface area (Å²) in [7, 11) is 0.998. The molecule has 1 atom stereocenters. The van der Waals surface area contributed by atoms with Gasteiger partial charge in [0.15, 0.2) is 14.1 Å². The fourth-order valence-electron chi connectivity index (χ4n) is 2.03. The number of hydrogen-bond donors (Lipinski definition) is 0. The molecule has 1 aliphatic rings. The standard InChI is InChI=1S/C15H24O4Si/c1-7-8-9-10-11-15(19-20(4,5)6)13(16)12(17-2)14(15)18-3/h7-9H2,1-6H3. The zero-order chi connectivity index (χ0) is 15.4. The highest BCUT2D eigenvalue weighted by Crippen LogP contribution is 2.40. The van der Waals surface area contributed by atoms with E-state index in [1.165, 1.54) is 14.2 Å². The Kier molecular flexibility index (Phi) is 5.43. The molecule has 4 nitrogen and oxygen atoms in total. The fourth-order valence-corrected chi connectivity index (χ4v) is 3.18. The van der Waals surface area contributed by atoms with E-state index in [1.54, 1.807) is 0 Å². The smallest absolute Gasteiger partial charge is 0.252 e. The maximum atomic E-state index is 12.4. The highest BCUT2D eigenvalue weighted by molar-refractivity contribution is 6.70. The molecule has 0 radical (unpaired) electrons. The van der Waals surface area contributed by atoms with Gasteiger partial charge in [-0.1, -0.05) is 25.2 Å². The highest BCUT2D eigenvalue weighted by atomic mass is 28.4. The Morgan fingerprint density at radius 1 is 1.20 bits per heavy atom. The van der Waals surface area contributed by atoms with Gasteiger partial charge in [0.25, 0.3) is 5.78 Å². The van der Waals surface area contributed by atoms with E-state index in [0.717, 1.165) is 19.3 Å². The van der Waals surface area contributed by atoms with E-state index in [9.17, 15) is 4.79 Å². The summed E-state index contributed by atoms with van der Waals surface area (Å²) in [5.74, 6) is 6.42. The molecule has 0 aromatic heterocycles. The molecule has 0 saturated carbocycles. The molecule has 0 aliphatic heterocycles. The van der Waals surface area contributed by atoms with Gasteiger partial charge < -0.3 is 13.9 Å². The van der Waals surface area contributed by atoms with Gasteiger partial charge in [-0.25, -0.2) is 0 Å². The first-order valence-corrected chi connectivity index (χ1v) is 10.3. The van der Waals surface area contributed by atoms with Gasteiger partial charge in [-0.05, 0) is 26.1 Å². The minimum absolute atomic E-state index is 0.218. The number of ether oxygens (including phenoxy) is 2. The van der Waals surface area contributed by atoms with Crippen LogP contribution in [-0.2, 0) is 18.7 Å². The van der Waals surface area contributed by atoms with Crippen LogP contribution in [-0.4, -0.2) is 33.9 Å². The predicted molar refractivity (Wildman–Crippen MR) is 80.5 cm³/mol. The first kappa shape index (κ1) is 16.8. The highest BCUT2D eigenvalue weighted by Gasteiger charge is 2.59. The zero-order valence-corrected chi connectivity index (χ0v) is 14.3. The lowest BCUT2D eigenvalue weighted by atomic mass is 9.83. The predicted octanol–water partition coefficient (Wildman–Crippen LogP) is 2.86. The number of ketones is 1. The second-order valence-electron chi connectivity index (χ2n) is 5.70. The second kappa shape index (κ2) is 6.46. The Morgan fingerprint density at radius 3 is 2.30 bits per heavy atom. The quantitative estimate of drug-likeness (QED) is 0.429.